The van der Waals surface area contributed by atoms with Crippen LogP contribution in [-0.4, -0.2) is 84.7 Å². The lowest BCUT2D eigenvalue weighted by molar-refractivity contribution is -0.138. The normalized spacial score (nSPS) is 23.4. The molecule has 9 heteroatoms. The van der Waals surface area contributed by atoms with Crippen LogP contribution < -0.4 is 16.0 Å². The Hall–Kier alpha value is -2.94. The number of nitrogens with zero attached hydrogens (tertiary/aromatic N) is 3. The minimum absolute atomic E-state index is 0.00219. The smallest absolute Gasteiger partial charge is 0.251 e. The molecule has 4 atom stereocenters. The summed E-state index contributed by atoms with van der Waals surface area (Å²) in [4.78, 5) is 58.5. The van der Waals surface area contributed by atoms with E-state index in [0.29, 0.717) is 24.9 Å². The standard InChI is InChI=1S/C29H43N5O4/c1-18(2)16-22(31-27(36)20-10-12-21(13-11-20)32(3)4)28(37)33-15-14-23-26(33)24(35)17-34(23)29(38)25(30)19-8-6-5-7-9-19/h10-13,18-19,22-23,25-26H,5-9,14-17,30H2,1-4H3,(H,31,36)/t22-,23?,25-,26-/m0/s1. The van der Waals surface area contributed by atoms with Crippen molar-refractivity contribution in [3.05, 3.63) is 29.8 Å². The molecule has 2 aliphatic heterocycles. The van der Waals surface area contributed by atoms with E-state index in [0.717, 1.165) is 31.4 Å². The highest BCUT2D eigenvalue weighted by molar-refractivity contribution is 6.01. The first-order valence-electron chi connectivity index (χ1n) is 14.1. The summed E-state index contributed by atoms with van der Waals surface area (Å²) in [6.07, 6.45) is 6.24. The summed E-state index contributed by atoms with van der Waals surface area (Å²) in [7, 11) is 3.86. The predicted molar refractivity (Wildman–Crippen MR) is 147 cm³/mol. The van der Waals surface area contributed by atoms with E-state index in [9.17, 15) is 19.2 Å². The van der Waals surface area contributed by atoms with Crippen LogP contribution in [-0.2, 0) is 14.4 Å². The second-order valence-electron chi connectivity index (χ2n) is 11.8. The number of anilines is 1. The molecular formula is C29H43N5O4. The molecule has 0 aromatic heterocycles. The number of hydrogen-bond donors (Lipinski definition) is 2. The molecular weight excluding hydrogens is 482 g/mol. The lowest BCUT2D eigenvalue weighted by Gasteiger charge is -2.32. The van der Waals surface area contributed by atoms with Gasteiger partial charge in [0.05, 0.1) is 18.6 Å². The van der Waals surface area contributed by atoms with Crippen molar-refractivity contribution in [1.29, 1.82) is 0 Å². The molecule has 1 aromatic carbocycles. The number of fused-ring (bicyclic) bond motifs is 1. The van der Waals surface area contributed by atoms with Gasteiger partial charge in [-0.3, -0.25) is 19.2 Å². The number of amides is 3. The summed E-state index contributed by atoms with van der Waals surface area (Å²) in [5, 5.41) is 2.92. The molecule has 208 valence electrons. The Morgan fingerprint density at radius 1 is 1.00 bits per heavy atom. The van der Waals surface area contributed by atoms with Gasteiger partial charge in [0.25, 0.3) is 5.91 Å². The Balaban J connectivity index is 1.46. The van der Waals surface area contributed by atoms with Crippen molar-refractivity contribution in [1.82, 2.24) is 15.1 Å². The average molecular weight is 526 g/mol. The van der Waals surface area contributed by atoms with Crippen molar-refractivity contribution in [2.75, 3.05) is 32.1 Å². The van der Waals surface area contributed by atoms with Crippen LogP contribution in [0.25, 0.3) is 0 Å². The largest absolute Gasteiger partial charge is 0.378 e. The number of carbonyl (C=O) groups excluding carboxylic acids is 4. The fraction of sp³-hybridized carbons (Fsp3) is 0.655. The Morgan fingerprint density at radius 2 is 1.66 bits per heavy atom. The van der Waals surface area contributed by atoms with Gasteiger partial charge in [0, 0.05) is 31.9 Å². The van der Waals surface area contributed by atoms with Gasteiger partial charge in [0.2, 0.25) is 11.8 Å². The average Bonchev–Trinajstić information content (AvgIpc) is 3.48. The summed E-state index contributed by atoms with van der Waals surface area (Å²) in [5.74, 6) is -0.562. The van der Waals surface area contributed by atoms with Gasteiger partial charge >= 0.3 is 0 Å². The monoisotopic (exact) mass is 525 g/mol. The molecule has 3 N–H and O–H groups in total. The first kappa shape index (κ1) is 28.1. The maximum Gasteiger partial charge on any atom is 0.251 e. The van der Waals surface area contributed by atoms with Crippen LogP contribution in [0.3, 0.4) is 0 Å². The van der Waals surface area contributed by atoms with E-state index < -0.39 is 18.1 Å². The minimum atomic E-state index is -0.753. The highest BCUT2D eigenvalue weighted by Crippen LogP contribution is 2.33. The molecule has 9 nitrogen and oxygen atoms in total. The highest BCUT2D eigenvalue weighted by atomic mass is 16.2. The topological polar surface area (TPSA) is 116 Å². The summed E-state index contributed by atoms with van der Waals surface area (Å²) >= 11 is 0. The van der Waals surface area contributed by atoms with E-state index in [1.54, 1.807) is 21.9 Å². The zero-order valence-corrected chi connectivity index (χ0v) is 23.2. The molecule has 0 radical (unpaired) electrons. The van der Waals surface area contributed by atoms with Crippen molar-refractivity contribution in [3.8, 4) is 0 Å². The molecule has 1 aromatic rings. The molecule has 3 aliphatic rings. The van der Waals surface area contributed by atoms with Crippen LogP contribution in [0.1, 0.15) is 69.2 Å². The Kier molecular flexibility index (Phi) is 8.75. The zero-order valence-electron chi connectivity index (χ0n) is 23.2. The minimum Gasteiger partial charge on any atom is -0.378 e. The zero-order chi connectivity index (χ0) is 27.6. The quantitative estimate of drug-likeness (QED) is 0.538. The van der Waals surface area contributed by atoms with E-state index in [1.165, 1.54) is 6.42 Å². The highest BCUT2D eigenvalue weighted by Gasteiger charge is 2.53. The molecule has 3 fully saturated rings. The van der Waals surface area contributed by atoms with Crippen LogP contribution >= 0.6 is 0 Å². The van der Waals surface area contributed by atoms with E-state index in [4.69, 9.17) is 5.73 Å². The first-order valence-corrected chi connectivity index (χ1v) is 14.1. The molecule has 2 saturated heterocycles. The summed E-state index contributed by atoms with van der Waals surface area (Å²) in [6.45, 7) is 4.37. The molecule has 38 heavy (non-hydrogen) atoms. The van der Waals surface area contributed by atoms with Gasteiger partial charge in [0.15, 0.2) is 5.78 Å². The molecule has 1 saturated carbocycles. The number of likely N-dealkylation sites (tertiary alicyclic amines) is 2. The molecule has 0 spiro atoms. The van der Waals surface area contributed by atoms with Gasteiger partial charge in [-0.2, -0.15) is 0 Å². The lowest BCUT2D eigenvalue weighted by Crippen LogP contribution is -2.53. The van der Waals surface area contributed by atoms with Crippen LogP contribution in [0.5, 0.6) is 0 Å². The number of carbonyl (C=O) groups is 4. The lowest BCUT2D eigenvalue weighted by atomic mass is 9.83. The SMILES string of the molecule is CC(C)C[C@H](NC(=O)c1ccc(N(C)C)cc1)C(=O)N1CCC2[C@H]1C(=O)CN2C(=O)[C@@H](N)C1CCCCC1. The van der Waals surface area contributed by atoms with Gasteiger partial charge in [0.1, 0.15) is 12.1 Å². The summed E-state index contributed by atoms with van der Waals surface area (Å²) in [6, 6.07) is 4.84. The number of Topliss-reactive ketones (excluding diaryl/α,β-unsaturated/α-hetero) is 1. The van der Waals surface area contributed by atoms with E-state index in [1.807, 2.05) is 45.0 Å². The van der Waals surface area contributed by atoms with Crippen molar-refractivity contribution >= 4 is 29.2 Å². The van der Waals surface area contributed by atoms with Crippen LogP contribution in [0.2, 0.25) is 0 Å². The molecule has 2 heterocycles. The third-order valence-corrected chi connectivity index (χ3v) is 8.39. The number of hydrogen-bond acceptors (Lipinski definition) is 6. The molecule has 0 bridgehead atoms. The van der Waals surface area contributed by atoms with Crippen LogP contribution in [0.4, 0.5) is 5.69 Å². The fourth-order valence-corrected chi connectivity index (χ4v) is 6.29. The van der Waals surface area contributed by atoms with E-state index in [-0.39, 0.29) is 47.9 Å². The number of ketones is 1. The van der Waals surface area contributed by atoms with Crippen molar-refractivity contribution in [2.45, 2.75) is 83.0 Å². The number of benzene rings is 1. The third-order valence-electron chi connectivity index (χ3n) is 8.39. The first-order chi connectivity index (χ1) is 18.1. The molecule has 3 amide bonds. The van der Waals surface area contributed by atoms with Gasteiger partial charge < -0.3 is 25.8 Å². The predicted octanol–water partition coefficient (Wildman–Crippen LogP) is 2.19. The van der Waals surface area contributed by atoms with Crippen molar-refractivity contribution < 1.29 is 19.2 Å². The second-order valence-corrected chi connectivity index (χ2v) is 11.8. The van der Waals surface area contributed by atoms with Gasteiger partial charge in [-0.1, -0.05) is 33.1 Å². The summed E-state index contributed by atoms with van der Waals surface area (Å²) in [5.41, 5.74) is 7.85. The molecule has 1 aliphatic carbocycles. The van der Waals surface area contributed by atoms with Crippen LogP contribution in [0.15, 0.2) is 24.3 Å². The maximum atomic E-state index is 13.8. The molecule has 4 rings (SSSR count). The number of nitrogens with two attached hydrogens (primary N) is 1. The Morgan fingerprint density at radius 3 is 2.26 bits per heavy atom. The van der Waals surface area contributed by atoms with Crippen molar-refractivity contribution in [3.63, 3.8) is 0 Å². The Bertz CT molecular complexity index is 1030. The van der Waals surface area contributed by atoms with E-state index in [2.05, 4.69) is 5.32 Å². The summed E-state index contributed by atoms with van der Waals surface area (Å²) < 4.78 is 0. The second kappa shape index (κ2) is 11.8. The molecule has 1 unspecified atom stereocenters. The number of rotatable bonds is 8. The van der Waals surface area contributed by atoms with Gasteiger partial charge in [-0.15, -0.1) is 0 Å². The van der Waals surface area contributed by atoms with Crippen LogP contribution in [0, 0.1) is 11.8 Å². The van der Waals surface area contributed by atoms with Gasteiger partial charge in [-0.05, 0) is 61.8 Å². The number of nitrogens with one attached hydrogen (secondary N) is 1. The fourth-order valence-electron chi connectivity index (χ4n) is 6.29. The third kappa shape index (κ3) is 5.87. The Labute approximate surface area is 226 Å². The van der Waals surface area contributed by atoms with E-state index >= 15 is 0 Å². The van der Waals surface area contributed by atoms with Gasteiger partial charge in [-0.25, -0.2) is 0 Å². The van der Waals surface area contributed by atoms with Crippen molar-refractivity contribution in [2.24, 2.45) is 17.6 Å². The maximum absolute atomic E-state index is 13.8.